The van der Waals surface area contributed by atoms with Crippen molar-refractivity contribution in [1.82, 2.24) is 0 Å². The van der Waals surface area contributed by atoms with Crippen LogP contribution in [-0.2, 0) is 0 Å². The molecule has 0 radical (unpaired) electrons. The molecule has 0 aromatic heterocycles. The van der Waals surface area contributed by atoms with Gasteiger partial charge in [0.25, 0.3) is 0 Å². The van der Waals surface area contributed by atoms with Crippen molar-refractivity contribution < 1.29 is 0 Å². The summed E-state index contributed by atoms with van der Waals surface area (Å²) in [6.45, 7) is 4.28. The van der Waals surface area contributed by atoms with E-state index >= 15 is 0 Å². The Morgan fingerprint density at radius 2 is 1.86 bits per heavy atom. The SMILES string of the molecule is Cc1ccc([C@@H]2Nc3c(C)cc(Cl)cc3[C@H]3C=CC[C@@H]32)cc1. The predicted molar refractivity (Wildman–Crippen MR) is 93.7 cm³/mol. The van der Waals surface area contributed by atoms with E-state index in [0.717, 1.165) is 11.4 Å². The van der Waals surface area contributed by atoms with Crippen molar-refractivity contribution in [1.29, 1.82) is 0 Å². The number of rotatable bonds is 1. The molecule has 1 N–H and O–H groups in total. The second-order valence-electron chi connectivity index (χ2n) is 6.57. The van der Waals surface area contributed by atoms with Crippen molar-refractivity contribution >= 4 is 17.3 Å². The summed E-state index contributed by atoms with van der Waals surface area (Å²) in [6.07, 6.45) is 5.81. The molecule has 0 saturated carbocycles. The highest BCUT2D eigenvalue weighted by Gasteiger charge is 2.38. The number of hydrogen-bond acceptors (Lipinski definition) is 1. The van der Waals surface area contributed by atoms with E-state index in [1.54, 1.807) is 0 Å². The molecule has 0 spiro atoms. The molecule has 0 unspecified atom stereocenters. The molecule has 4 rings (SSSR count). The Morgan fingerprint density at radius 1 is 1.09 bits per heavy atom. The highest BCUT2D eigenvalue weighted by molar-refractivity contribution is 6.30. The van der Waals surface area contributed by atoms with Crippen molar-refractivity contribution in [3.8, 4) is 0 Å². The van der Waals surface area contributed by atoms with Crippen molar-refractivity contribution in [2.45, 2.75) is 32.2 Å². The van der Waals surface area contributed by atoms with Gasteiger partial charge in [0, 0.05) is 16.6 Å². The van der Waals surface area contributed by atoms with E-state index in [-0.39, 0.29) is 0 Å². The Balaban J connectivity index is 1.82. The molecule has 0 bridgehead atoms. The Morgan fingerprint density at radius 3 is 2.64 bits per heavy atom. The Hall–Kier alpha value is -1.73. The fourth-order valence-corrected chi connectivity index (χ4v) is 4.23. The Bertz CT molecular complexity index is 745. The molecule has 112 valence electrons. The average molecular weight is 310 g/mol. The van der Waals surface area contributed by atoms with E-state index in [1.807, 2.05) is 0 Å². The molecule has 3 atom stereocenters. The summed E-state index contributed by atoms with van der Waals surface area (Å²) in [7, 11) is 0. The maximum atomic E-state index is 6.29. The maximum absolute atomic E-state index is 6.29. The predicted octanol–water partition coefficient (Wildman–Crippen LogP) is 5.78. The molecule has 2 aliphatic rings. The van der Waals surface area contributed by atoms with Crippen LogP contribution in [0.2, 0.25) is 5.02 Å². The highest BCUT2D eigenvalue weighted by Crippen LogP contribution is 2.51. The van der Waals surface area contributed by atoms with Gasteiger partial charge in [-0.2, -0.15) is 0 Å². The number of hydrogen-bond donors (Lipinski definition) is 1. The number of benzene rings is 2. The van der Waals surface area contributed by atoms with Crippen LogP contribution in [-0.4, -0.2) is 0 Å². The van der Waals surface area contributed by atoms with Gasteiger partial charge in [0.1, 0.15) is 0 Å². The first-order valence-corrected chi connectivity index (χ1v) is 8.31. The lowest BCUT2D eigenvalue weighted by atomic mass is 9.76. The van der Waals surface area contributed by atoms with E-state index in [2.05, 4.69) is 67.7 Å². The van der Waals surface area contributed by atoms with E-state index in [0.29, 0.717) is 17.9 Å². The minimum atomic E-state index is 0.368. The van der Waals surface area contributed by atoms with E-state index in [1.165, 1.54) is 27.9 Å². The lowest BCUT2D eigenvalue weighted by Gasteiger charge is -2.38. The van der Waals surface area contributed by atoms with Gasteiger partial charge < -0.3 is 5.32 Å². The van der Waals surface area contributed by atoms with Gasteiger partial charge in [0.2, 0.25) is 0 Å². The van der Waals surface area contributed by atoms with E-state index in [4.69, 9.17) is 11.6 Å². The van der Waals surface area contributed by atoms with Crippen molar-refractivity contribution in [3.63, 3.8) is 0 Å². The van der Waals surface area contributed by atoms with E-state index in [9.17, 15) is 0 Å². The van der Waals surface area contributed by atoms with Crippen LogP contribution in [0.15, 0.2) is 48.6 Å². The van der Waals surface area contributed by atoms with E-state index < -0.39 is 0 Å². The quantitative estimate of drug-likeness (QED) is 0.658. The summed E-state index contributed by atoms with van der Waals surface area (Å²) < 4.78 is 0. The third-order valence-electron chi connectivity index (χ3n) is 5.07. The highest BCUT2D eigenvalue weighted by atomic mass is 35.5. The fraction of sp³-hybridized carbons (Fsp3) is 0.300. The second-order valence-corrected chi connectivity index (χ2v) is 7.01. The van der Waals surface area contributed by atoms with Gasteiger partial charge in [-0.1, -0.05) is 53.6 Å². The van der Waals surface area contributed by atoms with Crippen LogP contribution in [0.5, 0.6) is 0 Å². The minimum absolute atomic E-state index is 0.368. The molecule has 1 aliphatic heterocycles. The van der Waals surface area contributed by atoms with Gasteiger partial charge in [-0.15, -0.1) is 0 Å². The van der Waals surface area contributed by atoms with Crippen LogP contribution in [0.1, 0.15) is 40.6 Å². The number of allylic oxidation sites excluding steroid dienone is 2. The Kier molecular flexibility index (Phi) is 3.27. The summed E-state index contributed by atoms with van der Waals surface area (Å²) in [4.78, 5) is 0. The van der Waals surface area contributed by atoms with Crippen molar-refractivity contribution in [2.75, 3.05) is 5.32 Å². The van der Waals surface area contributed by atoms with Gasteiger partial charge in [0.05, 0.1) is 6.04 Å². The maximum Gasteiger partial charge on any atom is 0.0554 e. The van der Waals surface area contributed by atoms with Gasteiger partial charge >= 0.3 is 0 Å². The third-order valence-corrected chi connectivity index (χ3v) is 5.29. The zero-order valence-corrected chi connectivity index (χ0v) is 13.7. The molecule has 2 aromatic rings. The molecule has 1 heterocycles. The smallest absolute Gasteiger partial charge is 0.0554 e. The molecule has 0 fully saturated rings. The van der Waals surface area contributed by atoms with Crippen LogP contribution in [0.3, 0.4) is 0 Å². The van der Waals surface area contributed by atoms with Gasteiger partial charge in [0.15, 0.2) is 0 Å². The summed E-state index contributed by atoms with van der Waals surface area (Å²) in [5.41, 5.74) is 6.54. The zero-order chi connectivity index (χ0) is 15.3. The van der Waals surface area contributed by atoms with Crippen LogP contribution in [0, 0.1) is 19.8 Å². The molecule has 1 nitrogen and oxygen atoms in total. The summed E-state index contributed by atoms with van der Waals surface area (Å²) in [6, 6.07) is 13.5. The summed E-state index contributed by atoms with van der Waals surface area (Å²) in [5.74, 6) is 1.05. The molecular formula is C20H20ClN. The van der Waals surface area contributed by atoms with Crippen LogP contribution in [0.25, 0.3) is 0 Å². The van der Waals surface area contributed by atoms with Crippen molar-refractivity contribution in [2.24, 2.45) is 5.92 Å². The lowest BCUT2D eigenvalue weighted by molar-refractivity contribution is 0.425. The first-order chi connectivity index (χ1) is 10.6. The molecule has 2 heteroatoms. The van der Waals surface area contributed by atoms with Gasteiger partial charge in [-0.25, -0.2) is 0 Å². The summed E-state index contributed by atoms with van der Waals surface area (Å²) in [5, 5.41) is 4.64. The first kappa shape index (κ1) is 13.9. The number of aryl methyl sites for hydroxylation is 2. The van der Waals surface area contributed by atoms with Crippen molar-refractivity contribution in [3.05, 3.63) is 75.8 Å². The Labute approximate surface area is 137 Å². The standard InChI is InChI=1S/C20H20ClN/c1-12-6-8-14(9-7-12)20-17-5-3-4-16(17)18-11-15(21)10-13(2)19(18)22-20/h3-4,6-11,16-17,20,22H,5H2,1-2H3/t16-,17-,20-/m0/s1. The number of fused-ring (bicyclic) bond motifs is 3. The van der Waals surface area contributed by atoms with Crippen LogP contribution in [0.4, 0.5) is 5.69 Å². The summed E-state index contributed by atoms with van der Waals surface area (Å²) >= 11 is 6.29. The molecule has 0 saturated heterocycles. The average Bonchev–Trinajstić information content (AvgIpc) is 2.97. The molecule has 1 aliphatic carbocycles. The molecule has 0 amide bonds. The second kappa shape index (κ2) is 5.17. The van der Waals surface area contributed by atoms with Gasteiger partial charge in [-0.3, -0.25) is 0 Å². The normalized spacial score (nSPS) is 25.5. The minimum Gasteiger partial charge on any atom is -0.377 e. The van der Waals surface area contributed by atoms with Gasteiger partial charge in [-0.05, 0) is 55.0 Å². The van der Waals surface area contributed by atoms with Crippen LogP contribution >= 0.6 is 11.6 Å². The first-order valence-electron chi connectivity index (χ1n) is 7.93. The monoisotopic (exact) mass is 309 g/mol. The fourth-order valence-electron chi connectivity index (χ4n) is 3.95. The molecule has 22 heavy (non-hydrogen) atoms. The molecule has 2 aromatic carbocycles. The number of nitrogens with one attached hydrogen (secondary N) is 1. The van der Waals surface area contributed by atoms with Crippen LogP contribution < -0.4 is 5.32 Å². The number of halogens is 1. The third kappa shape index (κ3) is 2.16. The lowest BCUT2D eigenvalue weighted by Crippen LogP contribution is -2.29. The zero-order valence-electron chi connectivity index (χ0n) is 12.9. The topological polar surface area (TPSA) is 12.0 Å². The molecular weight excluding hydrogens is 290 g/mol. The largest absolute Gasteiger partial charge is 0.377 e. The number of anilines is 1.